The minimum Gasteiger partial charge on any atom is -0.323 e. The van der Waals surface area contributed by atoms with E-state index in [0.29, 0.717) is 17.5 Å². The van der Waals surface area contributed by atoms with Crippen LogP contribution in [0.5, 0.6) is 0 Å². The number of carbonyl (C=O) groups is 1. The average molecular weight is 313 g/mol. The number of allylic oxidation sites excluding steroid dienone is 4. The van der Waals surface area contributed by atoms with Crippen LogP contribution >= 0.6 is 0 Å². The van der Waals surface area contributed by atoms with Gasteiger partial charge in [0.1, 0.15) is 5.82 Å². The molecule has 0 spiro atoms. The minimum absolute atomic E-state index is 0.0204. The quantitative estimate of drug-likeness (QED) is 0.757. The smallest absolute Gasteiger partial charge is 0.228 e. The van der Waals surface area contributed by atoms with E-state index in [1.807, 2.05) is 0 Å². The van der Waals surface area contributed by atoms with Crippen LogP contribution in [0.1, 0.15) is 38.5 Å². The fourth-order valence-corrected chi connectivity index (χ4v) is 3.64. The van der Waals surface area contributed by atoms with Crippen molar-refractivity contribution in [1.82, 2.24) is 0 Å². The zero-order valence-corrected chi connectivity index (χ0v) is 13.4. The molecule has 3 heteroatoms. The number of halogens is 1. The van der Waals surface area contributed by atoms with E-state index >= 15 is 0 Å². The topological polar surface area (TPSA) is 29.1 Å². The number of amides is 1. The van der Waals surface area contributed by atoms with Crippen LogP contribution in [-0.4, -0.2) is 5.91 Å². The van der Waals surface area contributed by atoms with Gasteiger partial charge >= 0.3 is 0 Å². The zero-order valence-electron chi connectivity index (χ0n) is 13.4. The molecule has 3 atom stereocenters. The Morgan fingerprint density at radius 2 is 1.48 bits per heavy atom. The highest BCUT2D eigenvalue weighted by atomic mass is 19.1. The van der Waals surface area contributed by atoms with Crippen LogP contribution in [0.2, 0.25) is 0 Å². The molecule has 1 N–H and O–H groups in total. The number of fused-ring (bicyclic) bond motifs is 1. The molecular formula is C20H24FNO. The lowest BCUT2D eigenvalue weighted by Gasteiger charge is -2.05. The number of anilines is 1. The van der Waals surface area contributed by atoms with Crippen LogP contribution in [0.25, 0.3) is 0 Å². The third-order valence-electron chi connectivity index (χ3n) is 4.93. The van der Waals surface area contributed by atoms with E-state index in [2.05, 4.69) is 29.6 Å². The monoisotopic (exact) mass is 313 g/mol. The molecule has 0 heterocycles. The van der Waals surface area contributed by atoms with Crippen LogP contribution < -0.4 is 5.32 Å². The van der Waals surface area contributed by atoms with Crippen molar-refractivity contribution >= 4 is 11.6 Å². The van der Waals surface area contributed by atoms with Crippen molar-refractivity contribution in [2.75, 3.05) is 5.32 Å². The fraction of sp³-hybridized carbons (Fsp3) is 0.450. The summed E-state index contributed by atoms with van der Waals surface area (Å²) in [6.45, 7) is 0. The summed E-state index contributed by atoms with van der Waals surface area (Å²) in [5.74, 6) is 0.537. The summed E-state index contributed by atoms with van der Waals surface area (Å²) in [5, 5.41) is 2.78. The second kappa shape index (κ2) is 7.58. The van der Waals surface area contributed by atoms with Gasteiger partial charge in [-0.2, -0.15) is 0 Å². The van der Waals surface area contributed by atoms with Gasteiger partial charge < -0.3 is 5.32 Å². The van der Waals surface area contributed by atoms with Gasteiger partial charge in [0.2, 0.25) is 5.91 Å². The van der Waals surface area contributed by atoms with Gasteiger partial charge in [-0.1, -0.05) is 36.4 Å². The molecule has 0 saturated heterocycles. The molecule has 1 fully saturated rings. The van der Waals surface area contributed by atoms with E-state index in [-0.39, 0.29) is 17.6 Å². The van der Waals surface area contributed by atoms with Crippen LogP contribution in [0.4, 0.5) is 10.1 Å². The van der Waals surface area contributed by atoms with Crippen LogP contribution in [0, 0.1) is 23.6 Å². The number of rotatable bonds is 2. The Bertz CT molecular complexity index is 583. The molecule has 2 nitrogen and oxygen atoms in total. The highest BCUT2D eigenvalue weighted by Crippen LogP contribution is 2.52. The zero-order chi connectivity index (χ0) is 16.1. The number of hydrogen-bond acceptors (Lipinski definition) is 1. The molecule has 1 saturated carbocycles. The maximum absolute atomic E-state index is 13.7. The molecule has 1 aromatic carbocycles. The minimum atomic E-state index is -0.369. The van der Waals surface area contributed by atoms with Gasteiger partial charge in [0, 0.05) is 5.92 Å². The molecule has 2 aliphatic carbocycles. The van der Waals surface area contributed by atoms with E-state index < -0.39 is 0 Å². The van der Waals surface area contributed by atoms with Gasteiger partial charge in [0.15, 0.2) is 0 Å². The largest absolute Gasteiger partial charge is 0.323 e. The van der Waals surface area contributed by atoms with Gasteiger partial charge in [-0.15, -0.1) is 0 Å². The summed E-state index contributed by atoms with van der Waals surface area (Å²) < 4.78 is 13.7. The standard InChI is InChI=1S/C20H24FNO/c21-17-13-9-10-14-18(17)22-20(23)19-15-11-7-5-3-1-2-4-6-8-12-16(15)19/h3-6,9-10,13-16,19H,1-2,7-8,11-12H2,(H,22,23)/b5-3-,6-4-/t15-,16+,19?. The fourth-order valence-electron chi connectivity index (χ4n) is 3.64. The second-order valence-electron chi connectivity index (χ2n) is 6.50. The molecule has 1 unspecified atom stereocenters. The Morgan fingerprint density at radius 1 is 0.913 bits per heavy atom. The number of hydrogen-bond donors (Lipinski definition) is 1. The summed E-state index contributed by atoms with van der Waals surface area (Å²) in [6, 6.07) is 6.37. The van der Waals surface area contributed by atoms with Gasteiger partial charge in [-0.25, -0.2) is 4.39 Å². The molecule has 122 valence electrons. The van der Waals surface area contributed by atoms with Crippen molar-refractivity contribution in [3.8, 4) is 0 Å². The first kappa shape index (κ1) is 16.0. The lowest BCUT2D eigenvalue weighted by Crippen LogP contribution is -2.16. The van der Waals surface area contributed by atoms with Gasteiger partial charge in [0.05, 0.1) is 5.69 Å². The first-order chi connectivity index (χ1) is 11.3. The van der Waals surface area contributed by atoms with E-state index in [4.69, 9.17) is 0 Å². The maximum atomic E-state index is 13.7. The van der Waals surface area contributed by atoms with Gasteiger partial charge in [0.25, 0.3) is 0 Å². The Hall–Kier alpha value is -1.90. The van der Waals surface area contributed by atoms with Crippen LogP contribution in [0.15, 0.2) is 48.6 Å². The van der Waals surface area contributed by atoms with Crippen molar-refractivity contribution in [3.63, 3.8) is 0 Å². The Kier molecular flexibility index (Phi) is 5.27. The predicted octanol–water partition coefficient (Wildman–Crippen LogP) is 5.09. The lowest BCUT2D eigenvalue weighted by atomic mass is 10.1. The van der Waals surface area contributed by atoms with Crippen molar-refractivity contribution in [2.45, 2.75) is 38.5 Å². The molecule has 2 aliphatic rings. The third kappa shape index (κ3) is 4.10. The molecule has 3 rings (SSSR count). The summed E-state index contributed by atoms with van der Waals surface area (Å²) in [6.07, 6.45) is 15.3. The van der Waals surface area contributed by atoms with Gasteiger partial charge in [-0.05, 0) is 62.5 Å². The average Bonchev–Trinajstić information content (AvgIpc) is 3.22. The first-order valence-electron chi connectivity index (χ1n) is 8.63. The first-order valence-corrected chi connectivity index (χ1v) is 8.63. The molecule has 1 aromatic rings. The molecule has 0 aliphatic heterocycles. The molecule has 23 heavy (non-hydrogen) atoms. The molecule has 1 amide bonds. The Morgan fingerprint density at radius 3 is 2.09 bits per heavy atom. The molecule has 0 aromatic heterocycles. The highest BCUT2D eigenvalue weighted by Gasteiger charge is 2.52. The number of carbonyl (C=O) groups excluding carboxylic acids is 1. The normalized spacial score (nSPS) is 30.2. The van der Waals surface area contributed by atoms with Crippen LogP contribution in [-0.2, 0) is 4.79 Å². The van der Waals surface area contributed by atoms with E-state index in [1.54, 1.807) is 18.2 Å². The van der Waals surface area contributed by atoms with E-state index in [1.165, 1.54) is 6.07 Å². The van der Waals surface area contributed by atoms with Gasteiger partial charge in [-0.3, -0.25) is 4.79 Å². The summed E-state index contributed by atoms with van der Waals surface area (Å²) in [7, 11) is 0. The molecule has 0 radical (unpaired) electrons. The number of para-hydroxylation sites is 1. The SMILES string of the molecule is O=C(Nc1ccccc1F)C1[C@H]2CC/C=C\CC/C=C\CC[C@@H]12. The van der Waals surface area contributed by atoms with Crippen molar-refractivity contribution in [1.29, 1.82) is 0 Å². The maximum Gasteiger partial charge on any atom is 0.228 e. The summed E-state index contributed by atoms with van der Waals surface area (Å²) in [5.41, 5.74) is 0.291. The summed E-state index contributed by atoms with van der Waals surface area (Å²) in [4.78, 5) is 12.5. The van der Waals surface area contributed by atoms with Crippen LogP contribution in [0.3, 0.4) is 0 Å². The summed E-state index contributed by atoms with van der Waals surface area (Å²) >= 11 is 0. The van der Waals surface area contributed by atoms with Crippen molar-refractivity contribution in [2.24, 2.45) is 17.8 Å². The van der Waals surface area contributed by atoms with Crippen molar-refractivity contribution in [3.05, 3.63) is 54.4 Å². The lowest BCUT2D eigenvalue weighted by molar-refractivity contribution is -0.117. The Labute approximate surface area is 137 Å². The number of benzene rings is 1. The molecular weight excluding hydrogens is 289 g/mol. The number of nitrogens with one attached hydrogen (secondary N) is 1. The Balaban J connectivity index is 1.63. The third-order valence-corrected chi connectivity index (χ3v) is 4.93. The van der Waals surface area contributed by atoms with E-state index in [0.717, 1.165) is 38.5 Å². The molecule has 0 bridgehead atoms. The second-order valence-corrected chi connectivity index (χ2v) is 6.50. The van der Waals surface area contributed by atoms with E-state index in [9.17, 15) is 9.18 Å². The van der Waals surface area contributed by atoms with Crippen molar-refractivity contribution < 1.29 is 9.18 Å². The highest BCUT2D eigenvalue weighted by molar-refractivity contribution is 5.95. The predicted molar refractivity (Wildman–Crippen MR) is 91.5 cm³/mol.